The molecule has 4 heteroatoms. The highest BCUT2D eigenvalue weighted by Crippen LogP contribution is 2.39. The van der Waals surface area contributed by atoms with E-state index in [9.17, 15) is 8.42 Å². The molecule has 0 aromatic heterocycles. The van der Waals surface area contributed by atoms with Gasteiger partial charge in [-0.15, -0.1) is 6.58 Å². The molecule has 1 aliphatic heterocycles. The summed E-state index contributed by atoms with van der Waals surface area (Å²) in [4.78, 5) is 0.382. The number of hydrogen-bond donors (Lipinski definition) is 0. The van der Waals surface area contributed by atoms with Crippen LogP contribution >= 0.6 is 0 Å². The van der Waals surface area contributed by atoms with Gasteiger partial charge in [-0.05, 0) is 25.5 Å². The Morgan fingerprint density at radius 1 is 1.25 bits per heavy atom. The predicted octanol–water partition coefficient (Wildman–Crippen LogP) is 3.50. The van der Waals surface area contributed by atoms with Gasteiger partial charge in [0, 0.05) is 6.04 Å². The van der Waals surface area contributed by atoms with E-state index < -0.39 is 10.0 Å². The molecule has 1 aromatic rings. The largest absolute Gasteiger partial charge is 0.243 e. The van der Waals surface area contributed by atoms with Crippen LogP contribution in [0.4, 0.5) is 0 Å². The molecule has 1 aromatic carbocycles. The fourth-order valence-corrected chi connectivity index (χ4v) is 4.41. The van der Waals surface area contributed by atoms with Crippen LogP contribution in [0.2, 0.25) is 0 Å². The molecule has 0 spiro atoms. The first kappa shape index (κ1) is 15.3. The Morgan fingerprint density at radius 3 is 2.45 bits per heavy atom. The third-order valence-electron chi connectivity index (χ3n) is 3.87. The van der Waals surface area contributed by atoms with Gasteiger partial charge in [-0.1, -0.05) is 50.0 Å². The Balaban J connectivity index is 2.13. The summed E-state index contributed by atoms with van der Waals surface area (Å²) >= 11 is 0. The molecular weight excluding hydrogens is 270 g/mol. The van der Waals surface area contributed by atoms with Crippen LogP contribution < -0.4 is 0 Å². The molecule has 0 N–H and O–H groups in total. The van der Waals surface area contributed by atoms with Gasteiger partial charge in [-0.3, -0.25) is 0 Å². The zero-order valence-electron chi connectivity index (χ0n) is 12.2. The molecule has 0 radical (unpaired) electrons. The van der Waals surface area contributed by atoms with E-state index in [1.54, 1.807) is 22.5 Å². The van der Waals surface area contributed by atoms with Gasteiger partial charge in [0.25, 0.3) is 0 Å². The minimum atomic E-state index is -3.37. The lowest BCUT2D eigenvalue weighted by atomic mass is 10.1. The highest BCUT2D eigenvalue weighted by Gasteiger charge is 2.52. The van der Waals surface area contributed by atoms with Crippen LogP contribution in [0.5, 0.6) is 0 Å². The molecule has 110 valence electrons. The Kier molecular flexibility index (Phi) is 4.66. The summed E-state index contributed by atoms with van der Waals surface area (Å²) in [6.07, 6.45) is 6.05. The highest BCUT2D eigenvalue weighted by molar-refractivity contribution is 7.89. The molecule has 1 fully saturated rings. The fourth-order valence-electron chi connectivity index (χ4n) is 2.61. The Bertz CT molecular complexity index is 563. The molecule has 2 rings (SSSR count). The molecular formula is C16H23NO2S. The SMILES string of the molecule is C=C[C@H]1[C@H](CCCCC)N1S(=O)(=O)c1ccc(C)cc1. The van der Waals surface area contributed by atoms with Crippen molar-refractivity contribution in [1.29, 1.82) is 0 Å². The van der Waals surface area contributed by atoms with Crippen LogP contribution in [0, 0.1) is 6.92 Å². The molecule has 20 heavy (non-hydrogen) atoms. The van der Waals surface area contributed by atoms with E-state index >= 15 is 0 Å². The van der Waals surface area contributed by atoms with E-state index in [4.69, 9.17) is 0 Å². The summed E-state index contributed by atoms with van der Waals surface area (Å²) in [6, 6.07) is 7.12. The lowest BCUT2D eigenvalue weighted by Crippen LogP contribution is -2.15. The van der Waals surface area contributed by atoms with E-state index in [0.717, 1.165) is 31.2 Å². The lowest BCUT2D eigenvalue weighted by Gasteiger charge is -2.07. The van der Waals surface area contributed by atoms with E-state index in [1.807, 2.05) is 19.1 Å². The first-order valence-corrected chi connectivity index (χ1v) is 8.69. The number of benzene rings is 1. The van der Waals surface area contributed by atoms with Crippen LogP contribution in [0.15, 0.2) is 41.8 Å². The molecule has 1 saturated heterocycles. The van der Waals surface area contributed by atoms with Crippen LogP contribution in [0.3, 0.4) is 0 Å². The van der Waals surface area contributed by atoms with E-state index in [2.05, 4.69) is 13.5 Å². The van der Waals surface area contributed by atoms with Gasteiger partial charge in [0.1, 0.15) is 0 Å². The maximum Gasteiger partial charge on any atom is 0.243 e. The summed E-state index contributed by atoms with van der Waals surface area (Å²) in [5.74, 6) is 0. The highest BCUT2D eigenvalue weighted by atomic mass is 32.2. The maximum atomic E-state index is 12.6. The number of hydrogen-bond acceptors (Lipinski definition) is 2. The zero-order valence-corrected chi connectivity index (χ0v) is 13.1. The summed E-state index contributed by atoms with van der Waals surface area (Å²) < 4.78 is 26.8. The number of sulfonamides is 1. The third kappa shape index (κ3) is 2.96. The van der Waals surface area contributed by atoms with Crippen molar-refractivity contribution in [2.75, 3.05) is 0 Å². The summed E-state index contributed by atoms with van der Waals surface area (Å²) in [5.41, 5.74) is 1.06. The Hall–Kier alpha value is -1.13. The minimum Gasteiger partial charge on any atom is -0.207 e. The van der Waals surface area contributed by atoms with Gasteiger partial charge < -0.3 is 0 Å². The smallest absolute Gasteiger partial charge is 0.207 e. The molecule has 0 saturated carbocycles. The van der Waals surface area contributed by atoms with Crippen LogP contribution in [0.1, 0.15) is 38.2 Å². The average molecular weight is 293 g/mol. The molecule has 0 bridgehead atoms. The molecule has 0 aliphatic carbocycles. The minimum absolute atomic E-state index is 0.0295. The van der Waals surface area contributed by atoms with Gasteiger partial charge in [-0.25, -0.2) is 8.42 Å². The number of nitrogens with zero attached hydrogens (tertiary/aromatic N) is 1. The second-order valence-electron chi connectivity index (χ2n) is 5.44. The van der Waals surface area contributed by atoms with Crippen molar-refractivity contribution < 1.29 is 8.42 Å². The zero-order chi connectivity index (χ0) is 14.8. The standard InChI is InChI=1S/C16H23NO2S/c1-4-6-7-8-16-15(5-2)17(16)20(18,19)14-11-9-13(3)10-12-14/h5,9-12,15-16H,2,4,6-8H2,1,3H3/t15-,16-,17?/m0/s1. The van der Waals surface area contributed by atoms with Crippen molar-refractivity contribution in [2.45, 2.75) is 56.5 Å². The number of rotatable bonds is 7. The second kappa shape index (κ2) is 6.10. The summed E-state index contributed by atoms with van der Waals surface area (Å²) in [7, 11) is -3.37. The predicted molar refractivity (Wildman–Crippen MR) is 82.1 cm³/mol. The van der Waals surface area contributed by atoms with Crippen molar-refractivity contribution in [2.24, 2.45) is 0 Å². The number of aryl methyl sites for hydroxylation is 1. The van der Waals surface area contributed by atoms with E-state index in [1.165, 1.54) is 0 Å². The normalized spacial score (nSPS) is 25.4. The molecule has 1 heterocycles. The second-order valence-corrected chi connectivity index (χ2v) is 7.28. The summed E-state index contributed by atoms with van der Waals surface area (Å²) in [6.45, 7) is 7.87. The Morgan fingerprint density at radius 2 is 1.90 bits per heavy atom. The van der Waals surface area contributed by atoms with Gasteiger partial charge in [0.2, 0.25) is 10.0 Å². The molecule has 0 amide bonds. The van der Waals surface area contributed by atoms with Crippen molar-refractivity contribution in [3.05, 3.63) is 42.5 Å². The van der Waals surface area contributed by atoms with Crippen molar-refractivity contribution >= 4 is 10.0 Å². The molecule has 1 aliphatic rings. The maximum absolute atomic E-state index is 12.6. The Labute approximate surface area is 122 Å². The average Bonchev–Trinajstić information content (AvgIpc) is 3.14. The summed E-state index contributed by atoms with van der Waals surface area (Å²) in [5, 5.41) is 0. The molecule has 3 nitrogen and oxygen atoms in total. The van der Waals surface area contributed by atoms with E-state index in [-0.39, 0.29) is 12.1 Å². The van der Waals surface area contributed by atoms with Gasteiger partial charge in [0.05, 0.1) is 10.9 Å². The topological polar surface area (TPSA) is 37.1 Å². The van der Waals surface area contributed by atoms with Gasteiger partial charge in [0.15, 0.2) is 0 Å². The van der Waals surface area contributed by atoms with Crippen molar-refractivity contribution in [3.8, 4) is 0 Å². The first-order valence-electron chi connectivity index (χ1n) is 7.25. The van der Waals surface area contributed by atoms with E-state index in [0.29, 0.717) is 4.90 Å². The fraction of sp³-hybridized carbons (Fsp3) is 0.500. The van der Waals surface area contributed by atoms with Crippen molar-refractivity contribution in [3.63, 3.8) is 0 Å². The van der Waals surface area contributed by atoms with Gasteiger partial charge in [-0.2, -0.15) is 4.31 Å². The lowest BCUT2D eigenvalue weighted by molar-refractivity contribution is 0.538. The molecule has 3 atom stereocenters. The van der Waals surface area contributed by atoms with Crippen LogP contribution in [0.25, 0.3) is 0 Å². The monoisotopic (exact) mass is 293 g/mol. The third-order valence-corrected chi connectivity index (χ3v) is 5.80. The first-order chi connectivity index (χ1) is 9.52. The van der Waals surface area contributed by atoms with Gasteiger partial charge >= 0.3 is 0 Å². The van der Waals surface area contributed by atoms with Crippen LogP contribution in [-0.2, 0) is 10.0 Å². The van der Waals surface area contributed by atoms with Crippen molar-refractivity contribution in [1.82, 2.24) is 4.31 Å². The quantitative estimate of drug-likeness (QED) is 0.438. The number of unbranched alkanes of at least 4 members (excludes halogenated alkanes) is 2. The van der Waals surface area contributed by atoms with Crippen LogP contribution in [-0.4, -0.2) is 24.8 Å². The molecule has 1 unspecified atom stereocenters.